The van der Waals surface area contributed by atoms with Crippen LogP contribution in [0, 0.1) is 0 Å². The minimum atomic E-state index is -0.152. The Kier molecular flexibility index (Phi) is 7.43. The average molecular weight is 397 g/mol. The second-order valence-electron chi connectivity index (χ2n) is 8.39. The molecule has 0 aliphatic heterocycles. The van der Waals surface area contributed by atoms with Gasteiger partial charge in [0.2, 0.25) is 5.91 Å². The van der Waals surface area contributed by atoms with Crippen LogP contribution in [0.3, 0.4) is 0 Å². The van der Waals surface area contributed by atoms with Gasteiger partial charge in [-0.05, 0) is 49.1 Å². The molecule has 2 amide bonds. The first kappa shape index (κ1) is 22.5. The highest BCUT2D eigenvalue weighted by Crippen LogP contribution is 2.29. The molecule has 5 heteroatoms. The van der Waals surface area contributed by atoms with Gasteiger partial charge in [0.05, 0.1) is 11.8 Å². The van der Waals surface area contributed by atoms with E-state index in [1.54, 1.807) is 4.90 Å². The first-order valence-corrected chi connectivity index (χ1v) is 10.0. The van der Waals surface area contributed by atoms with Crippen LogP contribution in [-0.4, -0.2) is 31.0 Å². The Hall–Kier alpha value is -2.82. The number of amides is 2. The number of benzene rings is 2. The lowest BCUT2D eigenvalue weighted by atomic mass is 9.87. The molecule has 2 rings (SSSR count). The lowest BCUT2D eigenvalue weighted by Crippen LogP contribution is -2.37. The maximum Gasteiger partial charge on any atom is 0.251 e. The molecule has 0 saturated carbocycles. The van der Waals surface area contributed by atoms with Crippen LogP contribution in [0.2, 0.25) is 0 Å². The highest BCUT2D eigenvalue weighted by Gasteiger charge is 2.18. The summed E-state index contributed by atoms with van der Waals surface area (Å²) in [5.74, 6) is 0.399. The summed E-state index contributed by atoms with van der Waals surface area (Å²) in [6.45, 7) is 12.5. The van der Waals surface area contributed by atoms with E-state index in [0.29, 0.717) is 30.1 Å². The van der Waals surface area contributed by atoms with Crippen LogP contribution in [-0.2, 0) is 10.2 Å². The summed E-state index contributed by atoms with van der Waals surface area (Å²) < 4.78 is 5.83. The molecule has 2 aromatic rings. The zero-order chi connectivity index (χ0) is 21.6. The molecular weight excluding hydrogens is 364 g/mol. The topological polar surface area (TPSA) is 58.6 Å². The fourth-order valence-electron chi connectivity index (χ4n) is 2.99. The SMILES string of the molecule is CC(=O)N(CCNC(=O)c1ccc(C(C)(C)C)cc1)c1ccccc1OC(C)C. The van der Waals surface area contributed by atoms with Crippen LogP contribution in [0.4, 0.5) is 5.69 Å². The number of hydrogen-bond donors (Lipinski definition) is 1. The maximum atomic E-state index is 12.5. The second-order valence-corrected chi connectivity index (χ2v) is 8.39. The molecule has 156 valence electrons. The smallest absolute Gasteiger partial charge is 0.251 e. The molecule has 0 aromatic heterocycles. The molecule has 1 N–H and O–H groups in total. The lowest BCUT2D eigenvalue weighted by molar-refractivity contribution is -0.116. The highest BCUT2D eigenvalue weighted by molar-refractivity contribution is 5.95. The third-order valence-corrected chi connectivity index (χ3v) is 4.53. The summed E-state index contributed by atoms with van der Waals surface area (Å²) in [5, 5.41) is 2.90. The van der Waals surface area contributed by atoms with Gasteiger partial charge in [-0.25, -0.2) is 0 Å². The number of para-hydroxylation sites is 2. The first-order valence-electron chi connectivity index (χ1n) is 10.0. The van der Waals surface area contributed by atoms with Crippen LogP contribution < -0.4 is 15.0 Å². The van der Waals surface area contributed by atoms with Gasteiger partial charge >= 0.3 is 0 Å². The zero-order valence-corrected chi connectivity index (χ0v) is 18.3. The number of carbonyl (C=O) groups is 2. The van der Waals surface area contributed by atoms with Gasteiger partial charge in [0.1, 0.15) is 5.75 Å². The summed E-state index contributed by atoms with van der Waals surface area (Å²) in [7, 11) is 0. The van der Waals surface area contributed by atoms with E-state index in [9.17, 15) is 9.59 Å². The molecule has 29 heavy (non-hydrogen) atoms. The van der Waals surface area contributed by atoms with Crippen molar-refractivity contribution in [1.82, 2.24) is 5.32 Å². The van der Waals surface area contributed by atoms with E-state index in [2.05, 4.69) is 26.1 Å². The molecule has 0 aliphatic carbocycles. The number of nitrogens with zero attached hydrogens (tertiary/aromatic N) is 1. The predicted octanol–water partition coefficient (Wildman–Crippen LogP) is 4.55. The third kappa shape index (κ3) is 6.34. The van der Waals surface area contributed by atoms with Gasteiger partial charge in [-0.1, -0.05) is 45.0 Å². The van der Waals surface area contributed by atoms with Gasteiger partial charge in [0.25, 0.3) is 5.91 Å². The molecule has 0 heterocycles. The molecule has 0 bridgehead atoms. The normalized spacial score (nSPS) is 11.3. The van der Waals surface area contributed by atoms with Crippen molar-refractivity contribution in [2.45, 2.75) is 53.1 Å². The van der Waals surface area contributed by atoms with E-state index in [-0.39, 0.29) is 23.3 Å². The Balaban J connectivity index is 2.03. The van der Waals surface area contributed by atoms with Gasteiger partial charge in [0.15, 0.2) is 0 Å². The number of ether oxygens (including phenoxy) is 1. The molecule has 0 aliphatic rings. The van der Waals surface area contributed by atoms with Crippen LogP contribution in [0.15, 0.2) is 48.5 Å². The van der Waals surface area contributed by atoms with Gasteiger partial charge in [-0.15, -0.1) is 0 Å². The van der Waals surface area contributed by atoms with Crippen molar-refractivity contribution in [2.75, 3.05) is 18.0 Å². The van der Waals surface area contributed by atoms with Gasteiger partial charge in [-0.2, -0.15) is 0 Å². The first-order chi connectivity index (χ1) is 13.6. The highest BCUT2D eigenvalue weighted by atomic mass is 16.5. The molecule has 0 atom stereocenters. The third-order valence-electron chi connectivity index (χ3n) is 4.53. The van der Waals surface area contributed by atoms with Crippen molar-refractivity contribution in [1.29, 1.82) is 0 Å². The average Bonchev–Trinajstić information content (AvgIpc) is 2.64. The summed E-state index contributed by atoms with van der Waals surface area (Å²) in [4.78, 5) is 26.3. The predicted molar refractivity (Wildman–Crippen MR) is 118 cm³/mol. The van der Waals surface area contributed by atoms with Gasteiger partial charge in [-0.3, -0.25) is 9.59 Å². The lowest BCUT2D eigenvalue weighted by Gasteiger charge is -2.25. The van der Waals surface area contributed by atoms with Crippen LogP contribution in [0.1, 0.15) is 57.5 Å². The second kappa shape index (κ2) is 9.59. The van der Waals surface area contributed by atoms with E-state index in [4.69, 9.17) is 4.74 Å². The Morgan fingerprint density at radius 3 is 2.21 bits per heavy atom. The number of hydrogen-bond acceptors (Lipinski definition) is 3. The molecule has 0 unspecified atom stereocenters. The number of anilines is 1. The molecule has 0 radical (unpaired) electrons. The molecule has 2 aromatic carbocycles. The Labute approximate surface area is 174 Å². The Morgan fingerprint density at radius 2 is 1.66 bits per heavy atom. The van der Waals surface area contributed by atoms with Gasteiger partial charge < -0.3 is 15.0 Å². The summed E-state index contributed by atoms with van der Waals surface area (Å²) in [6, 6.07) is 15.1. The minimum absolute atomic E-state index is 0.000677. The van der Waals surface area contributed by atoms with E-state index < -0.39 is 0 Å². The molecular formula is C24H32N2O3. The molecule has 0 saturated heterocycles. The van der Waals surface area contributed by atoms with Gasteiger partial charge in [0, 0.05) is 25.6 Å². The molecule has 5 nitrogen and oxygen atoms in total. The van der Waals surface area contributed by atoms with Crippen molar-refractivity contribution in [2.24, 2.45) is 0 Å². The summed E-state index contributed by atoms with van der Waals surface area (Å²) in [6.07, 6.45) is 0.000677. The standard InChI is InChI=1S/C24H32N2O3/c1-17(2)29-22-10-8-7-9-21(22)26(18(3)27)16-15-25-23(28)19-11-13-20(14-12-19)24(4,5)6/h7-14,17H,15-16H2,1-6H3,(H,25,28). The van der Waals surface area contributed by atoms with Crippen molar-refractivity contribution in [3.05, 3.63) is 59.7 Å². The van der Waals surface area contributed by atoms with E-state index in [1.807, 2.05) is 62.4 Å². The largest absolute Gasteiger partial charge is 0.489 e. The molecule has 0 fully saturated rings. The fraction of sp³-hybridized carbons (Fsp3) is 0.417. The molecule has 0 spiro atoms. The zero-order valence-electron chi connectivity index (χ0n) is 18.3. The van der Waals surface area contributed by atoms with Crippen LogP contribution in [0.5, 0.6) is 5.75 Å². The summed E-state index contributed by atoms with van der Waals surface area (Å²) in [5.41, 5.74) is 2.54. The number of nitrogens with one attached hydrogen (secondary N) is 1. The van der Waals surface area contributed by atoms with Crippen molar-refractivity contribution < 1.29 is 14.3 Å². The number of rotatable bonds is 7. The van der Waals surface area contributed by atoms with Crippen molar-refractivity contribution in [3.8, 4) is 5.75 Å². The van der Waals surface area contributed by atoms with E-state index in [0.717, 1.165) is 0 Å². The fourth-order valence-corrected chi connectivity index (χ4v) is 2.99. The number of carbonyl (C=O) groups excluding carboxylic acids is 2. The van der Waals surface area contributed by atoms with Crippen molar-refractivity contribution in [3.63, 3.8) is 0 Å². The maximum absolute atomic E-state index is 12.5. The van der Waals surface area contributed by atoms with Crippen LogP contribution >= 0.6 is 0 Å². The quantitative estimate of drug-likeness (QED) is 0.747. The van der Waals surface area contributed by atoms with E-state index >= 15 is 0 Å². The van der Waals surface area contributed by atoms with Crippen LogP contribution in [0.25, 0.3) is 0 Å². The minimum Gasteiger partial charge on any atom is -0.489 e. The Morgan fingerprint density at radius 1 is 1.03 bits per heavy atom. The Bertz CT molecular complexity index is 836. The summed E-state index contributed by atoms with van der Waals surface area (Å²) >= 11 is 0. The van der Waals surface area contributed by atoms with E-state index in [1.165, 1.54) is 12.5 Å². The van der Waals surface area contributed by atoms with Crippen molar-refractivity contribution >= 4 is 17.5 Å². The monoisotopic (exact) mass is 396 g/mol.